The van der Waals surface area contributed by atoms with Crippen molar-refractivity contribution in [3.8, 4) is 11.5 Å². The van der Waals surface area contributed by atoms with Gasteiger partial charge in [0.25, 0.3) is 5.91 Å². The Morgan fingerprint density at radius 1 is 1.00 bits per heavy atom. The predicted octanol–water partition coefficient (Wildman–Crippen LogP) is 3.68. The fraction of sp³-hybridized carbons (Fsp3) is 0.192. The highest BCUT2D eigenvalue weighted by molar-refractivity contribution is 5.94. The maximum Gasteiger partial charge on any atom is 0.251 e. The normalized spacial score (nSPS) is 12.0. The van der Waals surface area contributed by atoms with Gasteiger partial charge >= 0.3 is 0 Å². The molecule has 0 bridgehead atoms. The molecule has 1 aliphatic heterocycles. The van der Waals surface area contributed by atoms with Crippen LogP contribution in [0.5, 0.6) is 11.5 Å². The Bertz CT molecular complexity index is 1360. The molecular weight excluding hydrogens is 432 g/mol. The van der Waals surface area contributed by atoms with Crippen molar-refractivity contribution in [1.29, 1.82) is 0 Å². The molecule has 1 aromatic heterocycles. The summed E-state index contributed by atoms with van der Waals surface area (Å²) >= 11 is 0. The van der Waals surface area contributed by atoms with E-state index in [1.165, 1.54) is 0 Å². The Hall–Kier alpha value is -4.33. The zero-order valence-electron chi connectivity index (χ0n) is 18.7. The van der Waals surface area contributed by atoms with Gasteiger partial charge in [0.1, 0.15) is 12.4 Å². The summed E-state index contributed by atoms with van der Waals surface area (Å²) in [6.07, 6.45) is 0.490. The highest BCUT2D eigenvalue weighted by Gasteiger charge is 2.17. The number of imidazole rings is 1. The number of aromatic nitrogens is 2. The van der Waals surface area contributed by atoms with Crippen LogP contribution in [0.15, 0.2) is 66.7 Å². The number of carbonyl (C=O) groups is 2. The lowest BCUT2D eigenvalue weighted by Gasteiger charge is -2.11. The topological polar surface area (TPSA) is 94.5 Å². The number of nitrogens with one attached hydrogen (secondary N) is 2. The molecular formula is C26H24N4O4. The average Bonchev–Trinajstić information content (AvgIpc) is 3.44. The van der Waals surface area contributed by atoms with Crippen molar-refractivity contribution < 1.29 is 19.1 Å². The Kier molecular flexibility index (Phi) is 5.86. The van der Waals surface area contributed by atoms with E-state index >= 15 is 0 Å². The molecule has 1 aliphatic rings. The van der Waals surface area contributed by atoms with Gasteiger partial charge in [0.15, 0.2) is 11.5 Å². The van der Waals surface area contributed by atoms with Gasteiger partial charge in [-0.1, -0.05) is 29.8 Å². The zero-order chi connectivity index (χ0) is 23.5. The van der Waals surface area contributed by atoms with Crippen LogP contribution in [0.2, 0.25) is 0 Å². The molecule has 0 radical (unpaired) electrons. The smallest absolute Gasteiger partial charge is 0.251 e. The number of para-hydroxylation sites is 2. The number of hydrogen-bond acceptors (Lipinski definition) is 5. The van der Waals surface area contributed by atoms with E-state index in [2.05, 4.69) is 10.6 Å². The largest absolute Gasteiger partial charge is 0.454 e. The predicted molar refractivity (Wildman–Crippen MR) is 128 cm³/mol. The minimum Gasteiger partial charge on any atom is -0.454 e. The second kappa shape index (κ2) is 9.27. The SMILES string of the molecule is Cc1ccc(C(=O)NCCc2nc3ccccc3n2CC(=O)Nc2ccc3c(c2)OCO3)cc1. The van der Waals surface area contributed by atoms with Crippen LogP contribution in [-0.2, 0) is 17.8 Å². The van der Waals surface area contributed by atoms with Gasteiger partial charge in [-0.2, -0.15) is 0 Å². The molecule has 5 rings (SSSR count). The van der Waals surface area contributed by atoms with Gasteiger partial charge < -0.3 is 24.7 Å². The van der Waals surface area contributed by atoms with E-state index in [-0.39, 0.29) is 25.2 Å². The van der Waals surface area contributed by atoms with Crippen LogP contribution in [-0.4, -0.2) is 34.7 Å². The first-order valence-electron chi connectivity index (χ1n) is 11.1. The number of aryl methyl sites for hydroxylation is 1. The summed E-state index contributed by atoms with van der Waals surface area (Å²) in [5, 5.41) is 5.85. The van der Waals surface area contributed by atoms with Crippen molar-refractivity contribution in [2.45, 2.75) is 19.9 Å². The molecule has 0 saturated carbocycles. The molecule has 34 heavy (non-hydrogen) atoms. The van der Waals surface area contributed by atoms with Crippen LogP contribution in [0.3, 0.4) is 0 Å². The molecule has 0 fully saturated rings. The van der Waals surface area contributed by atoms with E-state index in [0.717, 1.165) is 22.4 Å². The summed E-state index contributed by atoms with van der Waals surface area (Å²) < 4.78 is 12.6. The number of carbonyl (C=O) groups excluding carboxylic acids is 2. The molecule has 0 aliphatic carbocycles. The van der Waals surface area contributed by atoms with Crippen molar-refractivity contribution in [2.24, 2.45) is 0 Å². The van der Waals surface area contributed by atoms with E-state index in [9.17, 15) is 9.59 Å². The van der Waals surface area contributed by atoms with E-state index in [4.69, 9.17) is 14.5 Å². The van der Waals surface area contributed by atoms with Crippen molar-refractivity contribution in [1.82, 2.24) is 14.9 Å². The van der Waals surface area contributed by atoms with Crippen LogP contribution >= 0.6 is 0 Å². The Morgan fingerprint density at radius 3 is 2.65 bits per heavy atom. The molecule has 172 valence electrons. The Morgan fingerprint density at radius 2 is 1.79 bits per heavy atom. The lowest BCUT2D eigenvalue weighted by molar-refractivity contribution is -0.116. The number of ether oxygens (including phenoxy) is 2. The molecule has 2 amide bonds. The summed E-state index contributed by atoms with van der Waals surface area (Å²) in [7, 11) is 0. The summed E-state index contributed by atoms with van der Waals surface area (Å²) in [5.74, 6) is 1.67. The standard InChI is InChI=1S/C26H24N4O4/c1-17-6-8-18(9-7-17)26(32)27-13-12-24-29-20-4-2-3-5-21(20)30(24)15-25(31)28-19-10-11-22-23(14-19)34-16-33-22/h2-11,14H,12-13,15-16H2,1H3,(H,27,32)(H,28,31). The van der Waals surface area contributed by atoms with Gasteiger partial charge in [0.2, 0.25) is 12.7 Å². The van der Waals surface area contributed by atoms with Crippen LogP contribution in [0.1, 0.15) is 21.7 Å². The third-order valence-electron chi connectivity index (χ3n) is 5.64. The van der Waals surface area contributed by atoms with Crippen LogP contribution in [0, 0.1) is 6.92 Å². The summed E-state index contributed by atoms with van der Waals surface area (Å²) in [6, 6.07) is 20.4. The fourth-order valence-electron chi connectivity index (χ4n) is 3.91. The minimum absolute atomic E-state index is 0.0934. The lowest BCUT2D eigenvalue weighted by Crippen LogP contribution is -2.27. The zero-order valence-corrected chi connectivity index (χ0v) is 18.7. The summed E-state index contributed by atoms with van der Waals surface area (Å²) in [5.41, 5.74) is 4.01. The molecule has 0 unspecified atom stereocenters. The third-order valence-corrected chi connectivity index (χ3v) is 5.64. The van der Waals surface area contributed by atoms with E-state index in [1.54, 1.807) is 30.3 Å². The number of hydrogen-bond donors (Lipinski definition) is 2. The maximum absolute atomic E-state index is 12.9. The summed E-state index contributed by atoms with van der Waals surface area (Å²) in [6.45, 7) is 2.66. The second-order valence-electron chi connectivity index (χ2n) is 8.09. The first-order valence-corrected chi connectivity index (χ1v) is 11.1. The molecule has 0 spiro atoms. The minimum atomic E-state index is -0.188. The first kappa shape index (κ1) is 21.5. The molecule has 2 N–H and O–H groups in total. The van der Waals surface area contributed by atoms with Gasteiger partial charge in [-0.15, -0.1) is 0 Å². The Balaban J connectivity index is 1.28. The van der Waals surface area contributed by atoms with Crippen molar-refractivity contribution in [3.63, 3.8) is 0 Å². The molecule has 4 aromatic rings. The monoisotopic (exact) mass is 456 g/mol. The molecule has 0 saturated heterocycles. The van der Waals surface area contributed by atoms with Crippen molar-refractivity contribution >= 4 is 28.5 Å². The molecule has 8 heteroatoms. The van der Waals surface area contributed by atoms with Gasteiger partial charge in [0.05, 0.1) is 11.0 Å². The first-order chi connectivity index (χ1) is 16.6. The van der Waals surface area contributed by atoms with Crippen LogP contribution in [0.4, 0.5) is 5.69 Å². The van der Waals surface area contributed by atoms with Crippen molar-refractivity contribution in [3.05, 3.63) is 83.7 Å². The molecule has 0 atom stereocenters. The number of nitrogens with zero attached hydrogens (tertiary/aromatic N) is 2. The quantitative estimate of drug-likeness (QED) is 0.442. The highest BCUT2D eigenvalue weighted by Crippen LogP contribution is 2.34. The van der Waals surface area contributed by atoms with Gasteiger partial charge in [-0.3, -0.25) is 9.59 Å². The van der Waals surface area contributed by atoms with Gasteiger partial charge in [-0.25, -0.2) is 4.98 Å². The van der Waals surface area contributed by atoms with E-state index in [0.29, 0.717) is 35.7 Å². The van der Waals surface area contributed by atoms with E-state index in [1.807, 2.05) is 47.9 Å². The number of benzene rings is 3. The summed E-state index contributed by atoms with van der Waals surface area (Å²) in [4.78, 5) is 30.0. The van der Waals surface area contributed by atoms with E-state index < -0.39 is 0 Å². The van der Waals surface area contributed by atoms with Crippen LogP contribution < -0.4 is 20.1 Å². The van der Waals surface area contributed by atoms with Crippen molar-refractivity contribution in [2.75, 3.05) is 18.7 Å². The number of rotatable bonds is 7. The number of anilines is 1. The average molecular weight is 457 g/mol. The van der Waals surface area contributed by atoms with Gasteiger partial charge in [0, 0.05) is 30.3 Å². The highest BCUT2D eigenvalue weighted by atomic mass is 16.7. The number of fused-ring (bicyclic) bond motifs is 2. The molecule has 2 heterocycles. The number of amides is 2. The van der Waals surface area contributed by atoms with Gasteiger partial charge in [-0.05, 0) is 43.3 Å². The maximum atomic E-state index is 12.9. The Labute approximate surface area is 196 Å². The molecule has 8 nitrogen and oxygen atoms in total. The fourth-order valence-corrected chi connectivity index (χ4v) is 3.91. The lowest BCUT2D eigenvalue weighted by atomic mass is 10.1. The second-order valence-corrected chi connectivity index (χ2v) is 8.09. The molecule has 3 aromatic carbocycles. The van der Waals surface area contributed by atoms with Crippen LogP contribution in [0.25, 0.3) is 11.0 Å². The third kappa shape index (κ3) is 4.56.